The maximum atomic E-state index is 12.5. The highest BCUT2D eigenvalue weighted by atomic mass is 16.6. The number of hydrogen-bond donors (Lipinski definition) is 1. The number of piperidine rings is 1. The topological polar surface area (TPSA) is 74.0 Å². The van der Waals surface area contributed by atoms with Gasteiger partial charge in [-0.3, -0.25) is 0 Å². The smallest absolute Gasteiger partial charge is 0.410 e. The summed E-state index contributed by atoms with van der Waals surface area (Å²) in [6, 6.07) is 16.0. The van der Waals surface area contributed by atoms with Crippen molar-refractivity contribution in [3.63, 3.8) is 0 Å². The van der Waals surface area contributed by atoms with Crippen molar-refractivity contribution in [3.8, 4) is 5.75 Å². The highest BCUT2D eigenvalue weighted by Crippen LogP contribution is 2.37. The van der Waals surface area contributed by atoms with Gasteiger partial charge in [0.1, 0.15) is 11.4 Å². The minimum atomic E-state index is -0.495. The van der Waals surface area contributed by atoms with Crippen molar-refractivity contribution in [2.24, 2.45) is 0 Å². The van der Waals surface area contributed by atoms with E-state index in [4.69, 9.17) is 19.9 Å². The molecule has 0 unspecified atom stereocenters. The number of benzene rings is 2. The summed E-state index contributed by atoms with van der Waals surface area (Å²) < 4.78 is 17.2. The Kier molecular flexibility index (Phi) is 7.11. The van der Waals surface area contributed by atoms with Gasteiger partial charge >= 0.3 is 6.09 Å². The third kappa shape index (κ3) is 5.91. The summed E-state index contributed by atoms with van der Waals surface area (Å²) in [7, 11) is 1.65. The molecule has 0 bridgehead atoms. The number of hydrogen-bond acceptors (Lipinski definition) is 5. The average molecular weight is 427 g/mol. The van der Waals surface area contributed by atoms with Crippen LogP contribution in [-0.2, 0) is 21.5 Å². The van der Waals surface area contributed by atoms with Gasteiger partial charge in [0, 0.05) is 29.8 Å². The van der Waals surface area contributed by atoms with Crippen LogP contribution in [0.15, 0.2) is 48.5 Å². The van der Waals surface area contributed by atoms with Gasteiger partial charge in [0.15, 0.2) is 0 Å². The van der Waals surface area contributed by atoms with Crippen LogP contribution < -0.4 is 10.5 Å². The van der Waals surface area contributed by atoms with Gasteiger partial charge in [0.25, 0.3) is 0 Å². The van der Waals surface area contributed by atoms with Crippen LogP contribution in [-0.4, -0.2) is 43.4 Å². The first-order valence-corrected chi connectivity index (χ1v) is 10.8. The number of likely N-dealkylation sites (tertiary alicyclic amines) is 1. The maximum absolute atomic E-state index is 12.5. The monoisotopic (exact) mass is 426 g/mol. The van der Waals surface area contributed by atoms with Crippen LogP contribution in [0.2, 0.25) is 0 Å². The Morgan fingerprint density at radius 1 is 1.10 bits per heavy atom. The number of rotatable bonds is 6. The molecular formula is C25H34N2O4. The zero-order valence-corrected chi connectivity index (χ0v) is 19.0. The van der Waals surface area contributed by atoms with Crippen LogP contribution in [0.5, 0.6) is 5.75 Å². The minimum absolute atomic E-state index is 0.159. The lowest BCUT2D eigenvalue weighted by molar-refractivity contribution is 0.00317. The van der Waals surface area contributed by atoms with Crippen molar-refractivity contribution in [1.82, 2.24) is 4.90 Å². The van der Waals surface area contributed by atoms with Gasteiger partial charge in [-0.15, -0.1) is 0 Å². The Hall–Kier alpha value is -2.73. The summed E-state index contributed by atoms with van der Waals surface area (Å²) in [4.78, 5) is 14.3. The SMILES string of the molecule is COc1ccc(N)cc1COCC1(c2ccccc2)CCN(C(=O)OC(C)(C)C)CC1. The third-order valence-electron chi connectivity index (χ3n) is 5.70. The summed E-state index contributed by atoms with van der Waals surface area (Å²) in [6.07, 6.45) is 1.37. The molecule has 0 aromatic heterocycles. The number of nitrogen functional groups attached to an aromatic ring is 1. The molecule has 168 valence electrons. The molecule has 1 heterocycles. The van der Waals surface area contributed by atoms with Crippen molar-refractivity contribution in [3.05, 3.63) is 59.7 Å². The highest BCUT2D eigenvalue weighted by Gasteiger charge is 2.38. The summed E-state index contributed by atoms with van der Waals surface area (Å²) in [5, 5.41) is 0. The Morgan fingerprint density at radius 2 is 1.77 bits per heavy atom. The number of nitrogens with zero attached hydrogens (tertiary/aromatic N) is 1. The predicted octanol–water partition coefficient (Wildman–Crippen LogP) is 4.76. The lowest BCUT2D eigenvalue weighted by Gasteiger charge is -2.42. The van der Waals surface area contributed by atoms with Crippen molar-refractivity contribution < 1.29 is 19.0 Å². The summed E-state index contributed by atoms with van der Waals surface area (Å²) >= 11 is 0. The molecule has 0 saturated carbocycles. The van der Waals surface area contributed by atoms with E-state index in [1.54, 1.807) is 12.0 Å². The molecule has 2 aromatic rings. The third-order valence-corrected chi connectivity index (χ3v) is 5.70. The fourth-order valence-electron chi connectivity index (χ4n) is 4.02. The minimum Gasteiger partial charge on any atom is -0.496 e. The van der Waals surface area contributed by atoms with Crippen molar-refractivity contribution in [2.75, 3.05) is 32.5 Å². The van der Waals surface area contributed by atoms with Gasteiger partial charge in [0.05, 0.1) is 20.3 Å². The molecule has 3 rings (SSSR count). The fraction of sp³-hybridized carbons (Fsp3) is 0.480. The lowest BCUT2D eigenvalue weighted by atomic mass is 9.73. The number of ether oxygens (including phenoxy) is 3. The van der Waals surface area contributed by atoms with E-state index < -0.39 is 5.60 Å². The normalized spacial score (nSPS) is 16.1. The average Bonchev–Trinajstić information content (AvgIpc) is 2.74. The summed E-state index contributed by atoms with van der Waals surface area (Å²) in [5.41, 5.74) is 8.13. The molecule has 31 heavy (non-hydrogen) atoms. The predicted molar refractivity (Wildman–Crippen MR) is 122 cm³/mol. The second-order valence-electron chi connectivity index (χ2n) is 9.18. The first-order chi connectivity index (χ1) is 14.7. The quantitative estimate of drug-likeness (QED) is 0.674. The van der Waals surface area contributed by atoms with Crippen LogP contribution in [0.4, 0.5) is 10.5 Å². The molecule has 0 radical (unpaired) electrons. The van der Waals surface area contributed by atoms with E-state index in [-0.39, 0.29) is 11.5 Å². The zero-order chi connectivity index (χ0) is 22.5. The van der Waals surface area contributed by atoms with Gasteiger partial charge in [-0.2, -0.15) is 0 Å². The number of amides is 1. The van der Waals surface area contributed by atoms with Crippen LogP contribution in [0.1, 0.15) is 44.7 Å². The van der Waals surface area contributed by atoms with Crippen LogP contribution in [0, 0.1) is 0 Å². The van der Waals surface area contributed by atoms with E-state index >= 15 is 0 Å². The molecule has 1 aliphatic heterocycles. The Balaban J connectivity index is 1.70. The largest absolute Gasteiger partial charge is 0.496 e. The molecular weight excluding hydrogens is 392 g/mol. The molecule has 2 N–H and O–H groups in total. The molecule has 0 aliphatic carbocycles. The van der Waals surface area contributed by atoms with Gasteiger partial charge in [-0.25, -0.2) is 4.79 Å². The molecule has 1 fully saturated rings. The molecule has 6 nitrogen and oxygen atoms in total. The van der Waals surface area contributed by atoms with Crippen LogP contribution >= 0.6 is 0 Å². The lowest BCUT2D eigenvalue weighted by Crippen LogP contribution is -2.48. The number of nitrogens with two attached hydrogens (primary N) is 1. The van der Waals surface area contributed by atoms with Gasteiger partial charge in [-0.05, 0) is 57.4 Å². The maximum Gasteiger partial charge on any atom is 0.410 e. The van der Waals surface area contributed by atoms with Crippen molar-refractivity contribution in [2.45, 2.75) is 51.2 Å². The molecule has 0 spiro atoms. The summed E-state index contributed by atoms with van der Waals surface area (Å²) in [6.45, 7) is 7.91. The molecule has 1 saturated heterocycles. The second-order valence-corrected chi connectivity index (χ2v) is 9.18. The number of anilines is 1. The van der Waals surface area contributed by atoms with E-state index in [0.717, 1.165) is 24.2 Å². The number of carbonyl (C=O) groups excluding carboxylic acids is 1. The van der Waals surface area contributed by atoms with Crippen molar-refractivity contribution >= 4 is 11.8 Å². The Morgan fingerprint density at radius 3 is 2.39 bits per heavy atom. The molecule has 2 aromatic carbocycles. The van der Waals surface area contributed by atoms with Gasteiger partial charge < -0.3 is 24.8 Å². The van der Waals surface area contributed by atoms with Crippen molar-refractivity contribution in [1.29, 1.82) is 0 Å². The second kappa shape index (κ2) is 9.60. The van der Waals surface area contributed by atoms with E-state index in [1.165, 1.54) is 5.56 Å². The molecule has 1 aliphatic rings. The highest BCUT2D eigenvalue weighted by molar-refractivity contribution is 5.68. The van der Waals surface area contributed by atoms with E-state index in [0.29, 0.717) is 32.0 Å². The van der Waals surface area contributed by atoms with Crippen LogP contribution in [0.25, 0.3) is 0 Å². The van der Waals surface area contributed by atoms with Crippen LogP contribution in [0.3, 0.4) is 0 Å². The first kappa shape index (κ1) is 22.9. The number of methoxy groups -OCH3 is 1. The summed E-state index contributed by atoms with van der Waals surface area (Å²) in [5.74, 6) is 0.766. The Labute approximate surface area is 185 Å². The number of carbonyl (C=O) groups is 1. The first-order valence-electron chi connectivity index (χ1n) is 10.8. The van der Waals surface area contributed by atoms with Gasteiger partial charge in [0.2, 0.25) is 0 Å². The van der Waals surface area contributed by atoms with E-state index in [9.17, 15) is 4.79 Å². The molecule has 1 amide bonds. The fourth-order valence-corrected chi connectivity index (χ4v) is 4.02. The Bertz CT molecular complexity index is 869. The van der Waals surface area contributed by atoms with E-state index in [2.05, 4.69) is 24.3 Å². The standard InChI is InChI=1S/C25H34N2O4/c1-24(2,3)31-23(28)27-14-12-25(13-15-27,20-8-6-5-7-9-20)18-30-17-19-16-21(26)10-11-22(19)29-4/h5-11,16H,12-15,17-18,26H2,1-4H3. The van der Waals surface area contributed by atoms with Gasteiger partial charge in [-0.1, -0.05) is 30.3 Å². The van der Waals surface area contributed by atoms with E-state index in [1.807, 2.05) is 45.0 Å². The zero-order valence-electron chi connectivity index (χ0n) is 19.0. The molecule has 6 heteroatoms. The molecule has 0 atom stereocenters.